The molecule has 0 spiro atoms. The maximum absolute atomic E-state index is 11.5. The molecule has 0 saturated carbocycles. The highest BCUT2D eigenvalue weighted by atomic mass is 32.2. The number of rotatable bonds is 3. The Labute approximate surface area is 89.6 Å². The van der Waals surface area contributed by atoms with E-state index in [-0.39, 0.29) is 4.90 Å². The third-order valence-corrected chi connectivity index (χ3v) is 3.63. The van der Waals surface area contributed by atoms with E-state index in [1.54, 1.807) is 0 Å². The normalized spacial score (nSPS) is 11.7. The molecule has 0 aromatic heterocycles. The van der Waals surface area contributed by atoms with Gasteiger partial charge in [0.15, 0.2) is 6.79 Å². The quantitative estimate of drug-likeness (QED) is 0.627. The summed E-state index contributed by atoms with van der Waals surface area (Å²) in [7, 11) is -3.82. The molecule has 1 rings (SSSR count). The molecule has 1 aromatic carbocycles. The van der Waals surface area contributed by atoms with Gasteiger partial charge < -0.3 is 5.11 Å². The number of aryl methyl sites for hydroxylation is 2. The second-order valence-corrected chi connectivity index (χ2v) is 5.00. The van der Waals surface area contributed by atoms with Crippen LogP contribution in [-0.2, 0) is 14.3 Å². The van der Waals surface area contributed by atoms with Gasteiger partial charge >= 0.3 is 0 Å². The third-order valence-electron chi connectivity index (χ3n) is 2.40. The minimum absolute atomic E-state index is 0.0807. The highest BCUT2D eigenvalue weighted by Gasteiger charge is 2.16. The molecule has 1 N–H and O–H groups in total. The van der Waals surface area contributed by atoms with Crippen molar-refractivity contribution in [3.05, 3.63) is 28.8 Å². The molecule has 0 heterocycles. The molecule has 0 aliphatic rings. The first kappa shape index (κ1) is 12.2. The summed E-state index contributed by atoms with van der Waals surface area (Å²) < 4.78 is 27.2. The molecule has 0 saturated heterocycles. The van der Waals surface area contributed by atoms with Crippen molar-refractivity contribution in [2.75, 3.05) is 6.79 Å². The Hall–Kier alpha value is -0.910. The van der Waals surface area contributed by atoms with E-state index >= 15 is 0 Å². The van der Waals surface area contributed by atoms with Crippen LogP contribution in [0.25, 0.3) is 0 Å². The second-order valence-electron chi connectivity index (χ2n) is 3.38. The number of aliphatic hydroxyl groups is 1. The molecule has 0 radical (unpaired) electrons. The van der Waals surface area contributed by atoms with Gasteiger partial charge in [0.1, 0.15) is 0 Å². The van der Waals surface area contributed by atoms with Gasteiger partial charge in [-0.15, -0.1) is 0 Å². The van der Waals surface area contributed by atoms with Crippen molar-refractivity contribution >= 4 is 10.1 Å². The molecule has 0 bridgehead atoms. The van der Waals surface area contributed by atoms with Crippen LogP contribution >= 0.6 is 0 Å². The first-order valence-corrected chi connectivity index (χ1v) is 5.87. The summed E-state index contributed by atoms with van der Waals surface area (Å²) in [6.45, 7) is 4.75. The van der Waals surface area contributed by atoms with E-state index in [0.717, 1.165) is 16.7 Å². The van der Waals surface area contributed by atoms with Crippen LogP contribution in [0.5, 0.6) is 0 Å². The molecule has 0 fully saturated rings. The van der Waals surface area contributed by atoms with Gasteiger partial charge in [0.2, 0.25) is 0 Å². The van der Waals surface area contributed by atoms with E-state index in [1.807, 2.05) is 20.8 Å². The number of aliphatic hydroxyl groups excluding tert-OH is 1. The molecular weight excluding hydrogens is 216 g/mol. The van der Waals surface area contributed by atoms with Gasteiger partial charge in [-0.05, 0) is 49.6 Å². The fraction of sp³-hybridized carbons (Fsp3) is 0.400. The van der Waals surface area contributed by atoms with E-state index in [0.29, 0.717) is 0 Å². The summed E-state index contributed by atoms with van der Waals surface area (Å²) in [5.41, 5.74) is 2.82. The fourth-order valence-electron chi connectivity index (χ4n) is 1.28. The van der Waals surface area contributed by atoms with E-state index in [1.165, 1.54) is 12.1 Å². The molecule has 0 amide bonds. The van der Waals surface area contributed by atoms with Crippen LogP contribution in [0, 0.1) is 20.8 Å². The fourth-order valence-corrected chi connectivity index (χ4v) is 2.19. The zero-order chi connectivity index (χ0) is 11.6. The summed E-state index contributed by atoms with van der Waals surface area (Å²) in [6.07, 6.45) is 0. The van der Waals surface area contributed by atoms with Crippen LogP contribution in [0.3, 0.4) is 0 Å². The maximum atomic E-state index is 11.5. The van der Waals surface area contributed by atoms with Crippen LogP contribution in [-0.4, -0.2) is 20.3 Å². The summed E-state index contributed by atoms with van der Waals surface area (Å²) in [6, 6.07) is 3.07. The smallest absolute Gasteiger partial charge is 0.299 e. The zero-order valence-electron chi connectivity index (χ0n) is 8.94. The predicted molar refractivity (Wildman–Crippen MR) is 56.0 cm³/mol. The molecule has 5 heteroatoms. The van der Waals surface area contributed by atoms with Crippen molar-refractivity contribution in [1.82, 2.24) is 0 Å². The lowest BCUT2D eigenvalue weighted by Crippen LogP contribution is -2.08. The van der Waals surface area contributed by atoms with Crippen LogP contribution in [0.2, 0.25) is 0 Å². The molecule has 4 nitrogen and oxygen atoms in total. The topological polar surface area (TPSA) is 63.6 Å². The lowest BCUT2D eigenvalue weighted by Gasteiger charge is -2.08. The minimum Gasteiger partial charge on any atom is -0.369 e. The zero-order valence-corrected chi connectivity index (χ0v) is 9.76. The van der Waals surface area contributed by atoms with Gasteiger partial charge in [-0.3, -0.25) is 0 Å². The lowest BCUT2D eigenvalue weighted by atomic mass is 10.1. The standard InChI is InChI=1S/C10H14O4S/c1-7-4-10(5-8(2)9(7)3)15(12,13)14-6-11/h4-5,11H,6H2,1-3H3. The summed E-state index contributed by atoms with van der Waals surface area (Å²) >= 11 is 0. The molecule has 15 heavy (non-hydrogen) atoms. The Morgan fingerprint density at radius 3 is 2.07 bits per heavy atom. The molecule has 84 valence electrons. The van der Waals surface area contributed by atoms with Crippen molar-refractivity contribution in [2.45, 2.75) is 25.7 Å². The van der Waals surface area contributed by atoms with E-state index in [4.69, 9.17) is 5.11 Å². The Balaban J connectivity index is 3.29. The number of hydrogen-bond acceptors (Lipinski definition) is 4. The van der Waals surface area contributed by atoms with E-state index in [9.17, 15) is 8.42 Å². The largest absolute Gasteiger partial charge is 0.369 e. The van der Waals surface area contributed by atoms with Gasteiger partial charge in [0.25, 0.3) is 10.1 Å². The molecule has 1 aromatic rings. The Morgan fingerprint density at radius 2 is 1.67 bits per heavy atom. The number of benzene rings is 1. The predicted octanol–water partition coefficient (Wildman–Crippen LogP) is 1.27. The van der Waals surface area contributed by atoms with Crippen LogP contribution in [0.1, 0.15) is 16.7 Å². The highest BCUT2D eigenvalue weighted by Crippen LogP contribution is 2.20. The van der Waals surface area contributed by atoms with Crippen molar-refractivity contribution in [3.63, 3.8) is 0 Å². The first-order chi connectivity index (χ1) is 6.88. The monoisotopic (exact) mass is 230 g/mol. The molecule has 0 aliphatic heterocycles. The SMILES string of the molecule is Cc1cc(S(=O)(=O)OCO)cc(C)c1C. The molecule has 0 atom stereocenters. The van der Waals surface area contributed by atoms with Gasteiger partial charge in [0.05, 0.1) is 4.90 Å². The van der Waals surface area contributed by atoms with E-state index in [2.05, 4.69) is 4.18 Å². The lowest BCUT2D eigenvalue weighted by molar-refractivity contribution is 0.105. The average molecular weight is 230 g/mol. The van der Waals surface area contributed by atoms with Crippen LogP contribution in [0.15, 0.2) is 17.0 Å². The average Bonchev–Trinajstić information content (AvgIpc) is 2.13. The van der Waals surface area contributed by atoms with Crippen molar-refractivity contribution in [3.8, 4) is 0 Å². The van der Waals surface area contributed by atoms with Gasteiger partial charge in [-0.25, -0.2) is 4.18 Å². The van der Waals surface area contributed by atoms with Crippen molar-refractivity contribution < 1.29 is 17.7 Å². The Bertz CT molecular complexity index is 439. The van der Waals surface area contributed by atoms with Gasteiger partial charge in [0, 0.05) is 0 Å². The van der Waals surface area contributed by atoms with Gasteiger partial charge in [-0.1, -0.05) is 0 Å². The molecular formula is C10H14O4S. The van der Waals surface area contributed by atoms with Crippen molar-refractivity contribution in [2.24, 2.45) is 0 Å². The second kappa shape index (κ2) is 4.30. The van der Waals surface area contributed by atoms with E-state index < -0.39 is 16.9 Å². The highest BCUT2D eigenvalue weighted by molar-refractivity contribution is 7.86. The van der Waals surface area contributed by atoms with Crippen LogP contribution < -0.4 is 0 Å². The summed E-state index contributed by atoms with van der Waals surface area (Å²) in [4.78, 5) is 0.0807. The maximum Gasteiger partial charge on any atom is 0.299 e. The van der Waals surface area contributed by atoms with Gasteiger partial charge in [-0.2, -0.15) is 8.42 Å². The molecule has 0 unspecified atom stereocenters. The molecule has 0 aliphatic carbocycles. The van der Waals surface area contributed by atoms with Crippen molar-refractivity contribution in [1.29, 1.82) is 0 Å². The van der Waals surface area contributed by atoms with Crippen LogP contribution in [0.4, 0.5) is 0 Å². The summed E-state index contributed by atoms with van der Waals surface area (Å²) in [5.74, 6) is 0. The summed E-state index contributed by atoms with van der Waals surface area (Å²) in [5, 5.41) is 8.46. The minimum atomic E-state index is -3.82. The first-order valence-electron chi connectivity index (χ1n) is 4.46. The Kier molecular flexibility index (Phi) is 3.49. The number of hydrogen-bond donors (Lipinski definition) is 1. The Morgan fingerprint density at radius 1 is 1.20 bits per heavy atom. The third kappa shape index (κ3) is 2.56.